The minimum atomic E-state index is 0.545. The van der Waals surface area contributed by atoms with E-state index in [1.807, 2.05) is 4.90 Å². The lowest BCUT2D eigenvalue weighted by Crippen LogP contribution is -2.36. The molecule has 0 unspecified atom stereocenters. The molecule has 0 bridgehead atoms. The second-order valence-electron chi connectivity index (χ2n) is 4.05. The lowest BCUT2D eigenvalue weighted by Gasteiger charge is -2.24. The Morgan fingerprint density at radius 1 is 1.29 bits per heavy atom. The van der Waals surface area contributed by atoms with Crippen LogP contribution in [0.4, 0.5) is 11.7 Å². The number of rotatable bonds is 1. The summed E-state index contributed by atoms with van der Waals surface area (Å²) in [4.78, 5) is 6.44. The highest BCUT2D eigenvalue weighted by Gasteiger charge is 2.17. The SMILES string of the molecule is [B]c1cc(N)cc2oc(N3CCOCC3)nc12. The fourth-order valence-corrected chi connectivity index (χ4v) is 1.96. The van der Waals surface area contributed by atoms with Gasteiger partial charge in [-0.05, 0) is 6.07 Å². The number of nitrogens with zero attached hydrogens (tertiary/aromatic N) is 2. The molecule has 6 heteroatoms. The van der Waals surface area contributed by atoms with Crippen molar-refractivity contribution in [1.82, 2.24) is 4.98 Å². The van der Waals surface area contributed by atoms with E-state index >= 15 is 0 Å². The Hall–Kier alpha value is -1.69. The summed E-state index contributed by atoms with van der Waals surface area (Å²) in [6.45, 7) is 2.94. The fraction of sp³-hybridized carbons (Fsp3) is 0.364. The maximum atomic E-state index is 5.85. The van der Waals surface area contributed by atoms with Crippen LogP contribution < -0.4 is 16.1 Å². The van der Waals surface area contributed by atoms with Gasteiger partial charge in [0.05, 0.1) is 13.2 Å². The van der Waals surface area contributed by atoms with E-state index in [1.165, 1.54) is 0 Å². The molecule has 1 aliphatic heterocycles. The van der Waals surface area contributed by atoms with Gasteiger partial charge in [-0.15, -0.1) is 0 Å². The van der Waals surface area contributed by atoms with Crippen LogP contribution in [0.15, 0.2) is 16.5 Å². The van der Waals surface area contributed by atoms with Gasteiger partial charge in [0, 0.05) is 24.8 Å². The number of nitrogen functional groups attached to an aromatic ring is 1. The molecule has 17 heavy (non-hydrogen) atoms. The summed E-state index contributed by atoms with van der Waals surface area (Å²) in [5.41, 5.74) is 8.13. The first-order valence-electron chi connectivity index (χ1n) is 5.52. The summed E-state index contributed by atoms with van der Waals surface area (Å²) in [7, 11) is 5.85. The van der Waals surface area contributed by atoms with Crippen LogP contribution in [0.3, 0.4) is 0 Å². The van der Waals surface area contributed by atoms with E-state index in [4.69, 9.17) is 22.7 Å². The highest BCUT2D eigenvalue weighted by atomic mass is 16.5. The monoisotopic (exact) mass is 229 g/mol. The number of hydrogen-bond donors (Lipinski definition) is 1. The van der Waals surface area contributed by atoms with E-state index < -0.39 is 0 Å². The summed E-state index contributed by atoms with van der Waals surface area (Å²) in [6, 6.07) is 4.01. The van der Waals surface area contributed by atoms with E-state index in [2.05, 4.69) is 4.98 Å². The van der Waals surface area contributed by atoms with Gasteiger partial charge < -0.3 is 19.8 Å². The van der Waals surface area contributed by atoms with Crippen LogP contribution in [0.25, 0.3) is 11.1 Å². The lowest BCUT2D eigenvalue weighted by molar-refractivity contribution is 0.120. The highest BCUT2D eigenvalue weighted by molar-refractivity contribution is 6.38. The van der Waals surface area contributed by atoms with Gasteiger partial charge in [-0.25, -0.2) is 0 Å². The van der Waals surface area contributed by atoms with E-state index in [9.17, 15) is 0 Å². The summed E-state index contributed by atoms with van der Waals surface area (Å²) in [6.07, 6.45) is 0. The second-order valence-corrected chi connectivity index (χ2v) is 4.05. The van der Waals surface area contributed by atoms with Crippen molar-refractivity contribution < 1.29 is 9.15 Å². The molecule has 2 N–H and O–H groups in total. The van der Waals surface area contributed by atoms with Crippen LogP contribution in [0, 0.1) is 0 Å². The number of benzene rings is 1. The number of nitrogens with two attached hydrogens (primary N) is 1. The first-order chi connectivity index (χ1) is 8.24. The summed E-state index contributed by atoms with van der Waals surface area (Å²) >= 11 is 0. The van der Waals surface area contributed by atoms with Gasteiger partial charge in [0.25, 0.3) is 6.01 Å². The molecular weight excluding hydrogens is 217 g/mol. The molecule has 3 rings (SSSR count). The molecule has 1 fully saturated rings. The second kappa shape index (κ2) is 3.96. The molecule has 0 spiro atoms. The third-order valence-electron chi connectivity index (χ3n) is 2.82. The van der Waals surface area contributed by atoms with E-state index in [1.54, 1.807) is 12.1 Å². The van der Waals surface area contributed by atoms with Crippen LogP contribution in [-0.4, -0.2) is 39.1 Å². The average Bonchev–Trinajstić information content (AvgIpc) is 2.74. The zero-order valence-electron chi connectivity index (χ0n) is 9.35. The molecule has 1 saturated heterocycles. The molecule has 2 radical (unpaired) electrons. The number of anilines is 2. The largest absolute Gasteiger partial charge is 0.423 e. The zero-order chi connectivity index (χ0) is 11.8. The number of morpholine rings is 1. The molecule has 0 saturated carbocycles. The van der Waals surface area contributed by atoms with Crippen molar-refractivity contribution >= 4 is 36.1 Å². The van der Waals surface area contributed by atoms with E-state index in [0.29, 0.717) is 41.5 Å². The van der Waals surface area contributed by atoms with E-state index in [-0.39, 0.29) is 0 Å². The van der Waals surface area contributed by atoms with Gasteiger partial charge in [0.15, 0.2) is 5.58 Å². The Morgan fingerprint density at radius 3 is 2.82 bits per heavy atom. The molecule has 0 amide bonds. The Kier molecular flexibility index (Phi) is 2.44. The minimum absolute atomic E-state index is 0.545. The van der Waals surface area contributed by atoms with Crippen LogP contribution in [0.2, 0.25) is 0 Å². The molecule has 0 aliphatic carbocycles. The molecule has 1 aromatic carbocycles. The standard InChI is InChI=1S/C11H12BN3O2/c12-8-5-7(13)6-9-10(8)14-11(17-9)15-1-3-16-4-2-15/h5-6H,1-4,13H2. The quantitative estimate of drug-likeness (QED) is 0.552. The maximum Gasteiger partial charge on any atom is 0.298 e. The van der Waals surface area contributed by atoms with Crippen molar-refractivity contribution in [3.05, 3.63) is 12.1 Å². The Morgan fingerprint density at radius 2 is 2.06 bits per heavy atom. The number of fused-ring (bicyclic) bond motifs is 1. The van der Waals surface area contributed by atoms with Gasteiger partial charge in [-0.2, -0.15) is 4.98 Å². The van der Waals surface area contributed by atoms with Crippen LogP contribution in [0.5, 0.6) is 0 Å². The smallest absolute Gasteiger partial charge is 0.298 e. The van der Waals surface area contributed by atoms with Crippen molar-refractivity contribution in [3.8, 4) is 0 Å². The number of ether oxygens (including phenoxy) is 1. The molecule has 86 valence electrons. The highest BCUT2D eigenvalue weighted by Crippen LogP contribution is 2.22. The number of oxazole rings is 1. The van der Waals surface area contributed by atoms with Gasteiger partial charge in [0.1, 0.15) is 13.4 Å². The third-order valence-corrected chi connectivity index (χ3v) is 2.82. The first-order valence-corrected chi connectivity index (χ1v) is 5.52. The van der Waals surface area contributed by atoms with Crippen molar-refractivity contribution in [2.24, 2.45) is 0 Å². The normalized spacial score (nSPS) is 16.6. The molecule has 0 atom stereocenters. The van der Waals surface area contributed by atoms with Gasteiger partial charge in [-0.1, -0.05) is 5.46 Å². The van der Waals surface area contributed by atoms with Crippen molar-refractivity contribution in [2.45, 2.75) is 0 Å². The molecule has 5 nitrogen and oxygen atoms in total. The first kappa shape index (κ1) is 10.5. The van der Waals surface area contributed by atoms with Crippen molar-refractivity contribution in [3.63, 3.8) is 0 Å². The predicted molar refractivity (Wildman–Crippen MR) is 66.8 cm³/mol. The molecule has 1 aromatic heterocycles. The lowest BCUT2D eigenvalue weighted by atomic mass is 9.94. The average molecular weight is 229 g/mol. The number of hydrogen-bond acceptors (Lipinski definition) is 5. The van der Waals surface area contributed by atoms with E-state index in [0.717, 1.165) is 13.1 Å². The molecular formula is C11H12BN3O2. The Balaban J connectivity index is 2.03. The summed E-state index contributed by atoms with van der Waals surface area (Å²) < 4.78 is 11.0. The third kappa shape index (κ3) is 1.84. The maximum absolute atomic E-state index is 5.85. The fourth-order valence-electron chi connectivity index (χ4n) is 1.96. The predicted octanol–water partition coefficient (Wildman–Crippen LogP) is 0.0404. The Bertz CT molecular complexity index is 549. The minimum Gasteiger partial charge on any atom is -0.423 e. The Labute approximate surface area is 99.9 Å². The van der Waals surface area contributed by atoms with Crippen molar-refractivity contribution in [1.29, 1.82) is 0 Å². The van der Waals surface area contributed by atoms with Crippen LogP contribution in [-0.2, 0) is 4.74 Å². The van der Waals surface area contributed by atoms with Crippen molar-refractivity contribution in [2.75, 3.05) is 36.9 Å². The van der Waals surface area contributed by atoms with Gasteiger partial charge in [0.2, 0.25) is 0 Å². The topological polar surface area (TPSA) is 64.5 Å². The molecule has 1 aliphatic rings. The summed E-state index contributed by atoms with van der Waals surface area (Å²) in [5.74, 6) is 0. The van der Waals surface area contributed by atoms with Gasteiger partial charge >= 0.3 is 0 Å². The van der Waals surface area contributed by atoms with Crippen LogP contribution in [0.1, 0.15) is 0 Å². The number of aromatic nitrogens is 1. The van der Waals surface area contributed by atoms with Gasteiger partial charge in [-0.3, -0.25) is 0 Å². The molecule has 2 heterocycles. The molecule has 2 aromatic rings. The zero-order valence-corrected chi connectivity index (χ0v) is 9.35. The summed E-state index contributed by atoms with van der Waals surface area (Å²) in [5, 5.41) is 0. The van der Waals surface area contributed by atoms with Crippen LogP contribution >= 0.6 is 0 Å².